The smallest absolute Gasteiger partial charge is 0.255 e. The third-order valence-corrected chi connectivity index (χ3v) is 28.1. The van der Waals surface area contributed by atoms with Gasteiger partial charge >= 0.3 is 0 Å². The lowest BCUT2D eigenvalue weighted by atomic mass is 9.54. The Bertz CT molecular complexity index is 5310. The highest BCUT2D eigenvalue weighted by Gasteiger charge is 2.72. The van der Waals surface area contributed by atoms with Gasteiger partial charge in [-0.25, -0.2) is 0 Å². The molecule has 0 radical (unpaired) electrons. The summed E-state index contributed by atoms with van der Waals surface area (Å²) >= 11 is 0. The first-order chi connectivity index (χ1) is 59.1. The fraction of sp³-hybridized carbons (Fsp3) is 0.409. The number of Topliss-reactive ketones (excluding diaryl/α,β-unsaturated/α-hetero) is 8. The number of nitrogens with two attached hydrogens (primary N) is 4. The fourth-order valence-corrected chi connectivity index (χ4v) is 22.0. The Morgan fingerprint density at radius 2 is 0.445 bits per heavy atom. The molecule has 4 aromatic rings. The molecule has 0 spiro atoms. The summed E-state index contributed by atoms with van der Waals surface area (Å²) in [5.74, 6) is -31.6. The van der Waals surface area contributed by atoms with Gasteiger partial charge in [0.15, 0.2) is 45.5 Å². The Morgan fingerprint density at radius 3 is 0.586 bits per heavy atom. The minimum atomic E-state index is -2.75. The van der Waals surface area contributed by atoms with Gasteiger partial charge in [0.05, 0.1) is 68.8 Å². The van der Waals surface area contributed by atoms with Crippen molar-refractivity contribution >= 4 is 92.9 Å². The lowest BCUT2D eigenvalue weighted by Gasteiger charge is -2.53. The zero-order chi connectivity index (χ0) is 95.6. The maximum Gasteiger partial charge on any atom is 0.255 e. The van der Waals surface area contributed by atoms with Gasteiger partial charge in [0.1, 0.15) is 91.4 Å². The van der Waals surface area contributed by atoms with E-state index in [4.69, 9.17) is 22.9 Å². The normalized spacial score (nSPS) is 34.4. The number of hydrogen-bond donors (Lipinski definition) is 24. The molecule has 4 fully saturated rings. The molecule has 4 saturated carbocycles. The number of benzene rings is 4. The summed E-state index contributed by atoms with van der Waals surface area (Å²) in [4.78, 5) is 160. The first kappa shape index (κ1) is 92.8. The molecule has 680 valence electrons. The number of hydrogen-bond acceptors (Lipinski definition) is 36. The van der Waals surface area contributed by atoms with Gasteiger partial charge in [0.2, 0.25) is 23.1 Å². The molecule has 0 aromatic heterocycles. The second kappa shape index (κ2) is 30.4. The van der Waals surface area contributed by atoms with E-state index in [1.54, 1.807) is 0 Å². The fourth-order valence-electron chi connectivity index (χ4n) is 22.0. The van der Waals surface area contributed by atoms with Crippen LogP contribution in [0, 0.1) is 47.3 Å². The number of likely N-dealkylation sites (N-methyl/N-ethyl adjacent to an activating group) is 4. The van der Waals surface area contributed by atoms with E-state index in [0.29, 0.717) is 0 Å². The third kappa shape index (κ3) is 12.4. The van der Waals surface area contributed by atoms with Crippen LogP contribution in [0.4, 0.5) is 0 Å². The summed E-state index contributed by atoms with van der Waals surface area (Å²) in [5, 5.41) is 220. The van der Waals surface area contributed by atoms with Crippen molar-refractivity contribution in [3.8, 4) is 23.0 Å². The van der Waals surface area contributed by atoms with Crippen molar-refractivity contribution in [2.75, 3.05) is 56.4 Å². The average molecular weight is 1780 g/mol. The summed E-state index contributed by atoms with van der Waals surface area (Å²) in [6.45, 7) is 5.61. The number of carbonyl (C=O) groups excluding carboxylic acids is 12. The molecule has 12 aliphatic rings. The van der Waals surface area contributed by atoms with Gasteiger partial charge in [0, 0.05) is 69.6 Å². The van der Waals surface area contributed by atoms with E-state index in [1.807, 2.05) is 0 Å². The molecule has 0 aliphatic heterocycles. The second-order valence-corrected chi connectivity index (χ2v) is 35.8. The summed E-state index contributed by atoms with van der Waals surface area (Å²) in [6.07, 6.45) is -0.800. The van der Waals surface area contributed by atoms with E-state index in [0.717, 1.165) is 0 Å². The van der Waals surface area contributed by atoms with Gasteiger partial charge < -0.3 is 125 Å². The number of phenolic OH excluding ortho intramolecular Hbond substituents is 4. The minimum absolute atomic E-state index is 0.170. The molecule has 0 heterocycles. The van der Waals surface area contributed by atoms with Crippen LogP contribution in [0.1, 0.15) is 97.9 Å². The second-order valence-electron chi connectivity index (χ2n) is 35.8. The van der Waals surface area contributed by atoms with Gasteiger partial charge in [-0.3, -0.25) is 77.1 Å². The van der Waals surface area contributed by atoms with Crippen LogP contribution < -0.4 is 22.9 Å². The number of aliphatic hydroxyl groups is 16. The number of rotatable bonds is 8. The van der Waals surface area contributed by atoms with E-state index < -0.39 is 300 Å². The number of primary amides is 4. The van der Waals surface area contributed by atoms with Crippen LogP contribution in [-0.4, -0.2) is 295 Å². The lowest BCUT2D eigenvalue weighted by Crippen LogP contribution is -2.67. The molecule has 0 bridgehead atoms. The average Bonchev–Trinajstić information content (AvgIpc) is 0.701. The van der Waals surface area contributed by atoms with E-state index in [1.165, 1.54) is 176 Å². The number of phenols is 4. The Labute approximate surface area is 726 Å². The Morgan fingerprint density at radius 1 is 0.289 bits per heavy atom. The van der Waals surface area contributed by atoms with Gasteiger partial charge in [-0.15, -0.1) is 0 Å². The monoisotopic (exact) mass is 1780 g/mol. The van der Waals surface area contributed by atoms with E-state index in [9.17, 15) is 160 Å². The maximum atomic E-state index is 13.7. The highest BCUT2D eigenvalue weighted by Crippen LogP contribution is 2.63. The quantitative estimate of drug-likeness (QED) is 0.0894. The van der Waals surface area contributed by atoms with Crippen molar-refractivity contribution in [1.82, 2.24) is 19.6 Å². The SMILES string of the molecule is CN(C)[C@@H]1C(=O)C(C(N)=O)=C(O)[C@@]2(O)C(=O)C3=C(O)c4c(O)cccc4[C@@](C)(O)[C@H]3C[C@@H]12.CN(C)[C@@H]1C(=O)C(C(N)=O)=C(O)[C@@]2(O)C(=O)C3=C(O)c4c(O)cccc4[C@@](C)(O)[C@H]3C[C@@H]12.CN(C)[C@@H]1C(=O)C(C(N)=O)=C(O)[C@@]2(O)C(=O)C3=C(O)c4c(O)cccc4[C@@](C)(O)[C@H]3C[C@@H]12.CN(C)[C@@H]1C(=O)C(C(N)=O)=C(O)[C@@]2(O)C(=O)C3=C(O)c4c(O)cccc4[C@@](C)(O)[C@H]3C[C@@H]12. The molecule has 128 heavy (non-hydrogen) atoms. The first-order valence-corrected chi connectivity index (χ1v) is 39.9. The highest BCUT2D eigenvalue weighted by atomic mass is 16.4. The standard InChI is InChI=1S/4C22H24N2O8/c4*1-21(31)8-5-4-6-11(25)12(8)16(26)13-9(21)7-10-15(24(2)3)17(27)14(20(23)30)19(29)22(10,32)18(13)28/h4*4-6,9-10,15,25-26,29,31-32H,7H2,1-3H3,(H2,23,30)/t4*9-,10-,15-,21+,22-/m0000/s1. The summed E-state index contributed by atoms with van der Waals surface area (Å²) in [5.41, 5.74) is -2.19. The number of aliphatic hydroxyl groups excluding tert-OH is 8. The molecule has 28 N–H and O–H groups in total. The Hall–Kier alpha value is -12.8. The number of nitrogens with zero attached hydrogens (tertiary/aromatic N) is 4. The summed E-state index contributed by atoms with van der Waals surface area (Å²) in [6, 6.07) is 12.1. The molecule has 0 saturated heterocycles. The van der Waals surface area contributed by atoms with E-state index in [-0.39, 0.29) is 70.2 Å². The number of carbonyl (C=O) groups is 12. The molecule has 40 heteroatoms. The van der Waals surface area contributed by atoms with Crippen LogP contribution in [0.3, 0.4) is 0 Å². The first-order valence-electron chi connectivity index (χ1n) is 39.9. The van der Waals surface area contributed by atoms with Crippen molar-refractivity contribution in [2.24, 2.45) is 70.3 Å². The zero-order valence-electron chi connectivity index (χ0n) is 70.6. The number of aromatic hydroxyl groups is 4. The van der Waals surface area contributed by atoms with Crippen molar-refractivity contribution in [3.63, 3.8) is 0 Å². The van der Waals surface area contributed by atoms with Crippen molar-refractivity contribution in [3.05, 3.63) is 185 Å². The van der Waals surface area contributed by atoms with Gasteiger partial charge in [-0.2, -0.15) is 0 Å². The molecule has 0 unspecified atom stereocenters. The number of amides is 4. The molecule has 20 atom stereocenters. The predicted octanol–water partition coefficient (Wildman–Crippen LogP) is -1.48. The summed E-state index contributed by atoms with van der Waals surface area (Å²) in [7, 11) is 12.0. The van der Waals surface area contributed by atoms with Crippen LogP contribution in [0.25, 0.3) is 23.0 Å². The Balaban J connectivity index is 0.000000146. The Kier molecular flexibility index (Phi) is 22.1. The predicted molar refractivity (Wildman–Crippen MR) is 440 cm³/mol. The van der Waals surface area contributed by atoms with Crippen molar-refractivity contribution in [1.29, 1.82) is 0 Å². The molecular formula is C88H96N8O32. The number of fused-ring (bicyclic) bond motifs is 12. The molecule has 4 amide bonds. The van der Waals surface area contributed by atoms with Crippen molar-refractivity contribution in [2.45, 2.75) is 122 Å². The number of ketones is 8. The van der Waals surface area contributed by atoms with Crippen LogP contribution in [0.5, 0.6) is 23.0 Å². The van der Waals surface area contributed by atoms with Gasteiger partial charge in [0.25, 0.3) is 23.6 Å². The van der Waals surface area contributed by atoms with Crippen LogP contribution in [-0.2, 0) is 79.9 Å². The molecule has 12 aliphatic carbocycles. The summed E-state index contributed by atoms with van der Waals surface area (Å²) < 4.78 is 0. The largest absolute Gasteiger partial charge is 0.508 e. The van der Waals surface area contributed by atoms with Gasteiger partial charge in [-0.05, 0) is 156 Å². The topological polar surface area (TPSA) is 726 Å². The van der Waals surface area contributed by atoms with E-state index >= 15 is 0 Å². The molecular weight excluding hydrogens is 1680 g/mol. The highest BCUT2D eigenvalue weighted by molar-refractivity contribution is 6.28. The van der Waals surface area contributed by atoms with Crippen LogP contribution in [0.2, 0.25) is 0 Å². The van der Waals surface area contributed by atoms with Crippen LogP contribution >= 0.6 is 0 Å². The third-order valence-electron chi connectivity index (χ3n) is 28.1. The van der Waals surface area contributed by atoms with Crippen molar-refractivity contribution < 1.29 is 160 Å². The van der Waals surface area contributed by atoms with Crippen LogP contribution in [0.15, 0.2) is 140 Å². The lowest BCUT2D eigenvalue weighted by molar-refractivity contribution is -0.160. The molecule has 40 nitrogen and oxygen atoms in total. The molecule has 16 rings (SSSR count). The zero-order valence-corrected chi connectivity index (χ0v) is 70.6. The minimum Gasteiger partial charge on any atom is -0.508 e. The van der Waals surface area contributed by atoms with E-state index in [2.05, 4.69) is 0 Å². The molecule has 4 aromatic carbocycles. The maximum absolute atomic E-state index is 13.7. The van der Waals surface area contributed by atoms with Gasteiger partial charge in [-0.1, -0.05) is 48.5 Å².